The highest BCUT2D eigenvalue weighted by molar-refractivity contribution is 7.11. The summed E-state index contributed by atoms with van der Waals surface area (Å²) in [5.41, 5.74) is 1.76. The van der Waals surface area contributed by atoms with Crippen molar-refractivity contribution in [1.82, 2.24) is 15.2 Å². The summed E-state index contributed by atoms with van der Waals surface area (Å²) in [6, 6.07) is 0. The minimum absolute atomic E-state index is 0.246. The van der Waals surface area contributed by atoms with Gasteiger partial charge in [0.2, 0.25) is 0 Å². The molecular weight excluding hydrogens is 278 g/mol. The highest BCUT2D eigenvalue weighted by Crippen LogP contribution is 2.45. The molecule has 0 aromatic carbocycles. The third-order valence-corrected chi connectivity index (χ3v) is 6.83. The highest BCUT2D eigenvalue weighted by Gasteiger charge is 2.50. The van der Waals surface area contributed by atoms with Gasteiger partial charge in [-0.25, -0.2) is 4.98 Å². The van der Waals surface area contributed by atoms with Gasteiger partial charge in [-0.2, -0.15) is 0 Å². The molecule has 0 bridgehead atoms. The van der Waals surface area contributed by atoms with E-state index < -0.39 is 0 Å². The lowest BCUT2D eigenvalue weighted by atomic mass is 9.84. The third-order valence-electron chi connectivity index (χ3n) is 5.77. The molecular formula is C17H29N3S. The average molecular weight is 308 g/mol. The monoisotopic (exact) mass is 307 g/mol. The van der Waals surface area contributed by atoms with E-state index in [0.29, 0.717) is 5.54 Å². The number of piperazine rings is 1. The Morgan fingerprint density at radius 1 is 1.33 bits per heavy atom. The fourth-order valence-electron chi connectivity index (χ4n) is 3.51. The highest BCUT2D eigenvalue weighted by atomic mass is 32.1. The number of aromatic nitrogens is 1. The van der Waals surface area contributed by atoms with E-state index in [4.69, 9.17) is 4.98 Å². The number of aryl methyl sites for hydroxylation is 2. The van der Waals surface area contributed by atoms with E-state index in [-0.39, 0.29) is 5.54 Å². The molecule has 2 heterocycles. The normalized spacial score (nSPS) is 34.3. The lowest BCUT2D eigenvalue weighted by molar-refractivity contribution is -0.00139. The van der Waals surface area contributed by atoms with Crippen LogP contribution >= 0.6 is 11.3 Å². The van der Waals surface area contributed by atoms with Crippen molar-refractivity contribution in [2.24, 2.45) is 5.92 Å². The molecule has 1 N–H and O–H groups in total. The molecule has 1 aromatic rings. The number of nitrogens with one attached hydrogen (secondary N) is 1. The first-order valence-corrected chi connectivity index (χ1v) is 9.11. The Labute approximate surface area is 133 Å². The standard InChI is InChI=1S/C17H29N3S/c1-6-16(4)11-20(9-15-19-12(2)13(3)21-15)17(5,10-18-16)14-7-8-14/h14,18H,6-11H2,1-5H3. The van der Waals surface area contributed by atoms with Gasteiger partial charge in [0.15, 0.2) is 0 Å². The molecule has 1 aliphatic carbocycles. The van der Waals surface area contributed by atoms with E-state index in [2.05, 4.69) is 44.8 Å². The first-order chi connectivity index (χ1) is 9.86. The summed E-state index contributed by atoms with van der Waals surface area (Å²) < 4.78 is 0. The molecule has 2 aliphatic rings. The van der Waals surface area contributed by atoms with Crippen LogP contribution in [0.1, 0.15) is 55.6 Å². The number of hydrogen-bond acceptors (Lipinski definition) is 4. The molecule has 2 atom stereocenters. The van der Waals surface area contributed by atoms with Crippen LogP contribution in [0.15, 0.2) is 0 Å². The van der Waals surface area contributed by atoms with Crippen LogP contribution in [0.25, 0.3) is 0 Å². The maximum atomic E-state index is 4.78. The Morgan fingerprint density at radius 3 is 2.57 bits per heavy atom. The Kier molecular flexibility index (Phi) is 3.92. The summed E-state index contributed by atoms with van der Waals surface area (Å²) in [4.78, 5) is 8.87. The van der Waals surface area contributed by atoms with Gasteiger partial charge in [0.05, 0.1) is 12.2 Å². The summed E-state index contributed by atoms with van der Waals surface area (Å²) in [7, 11) is 0. The summed E-state index contributed by atoms with van der Waals surface area (Å²) in [6.45, 7) is 14.7. The quantitative estimate of drug-likeness (QED) is 0.923. The fraction of sp³-hybridized carbons (Fsp3) is 0.824. The zero-order chi connectivity index (χ0) is 15.3. The molecule has 4 heteroatoms. The maximum absolute atomic E-state index is 4.78. The van der Waals surface area contributed by atoms with E-state index in [1.165, 1.54) is 34.8 Å². The van der Waals surface area contributed by atoms with E-state index in [1.807, 2.05) is 11.3 Å². The van der Waals surface area contributed by atoms with Crippen LogP contribution in [0, 0.1) is 19.8 Å². The van der Waals surface area contributed by atoms with Crippen LogP contribution in [0.5, 0.6) is 0 Å². The maximum Gasteiger partial charge on any atom is 0.107 e. The third kappa shape index (κ3) is 2.90. The smallest absolute Gasteiger partial charge is 0.107 e. The summed E-state index contributed by atoms with van der Waals surface area (Å²) in [5.74, 6) is 0.869. The van der Waals surface area contributed by atoms with Crippen molar-refractivity contribution in [2.75, 3.05) is 13.1 Å². The fourth-order valence-corrected chi connectivity index (χ4v) is 4.46. The Hall–Kier alpha value is -0.450. The van der Waals surface area contributed by atoms with E-state index in [0.717, 1.165) is 25.6 Å². The second-order valence-corrected chi connectivity index (χ2v) is 8.79. The molecule has 3 nitrogen and oxygen atoms in total. The largest absolute Gasteiger partial charge is 0.308 e. The van der Waals surface area contributed by atoms with Crippen molar-refractivity contribution >= 4 is 11.3 Å². The van der Waals surface area contributed by atoms with E-state index in [9.17, 15) is 0 Å². The van der Waals surface area contributed by atoms with Crippen LogP contribution in [-0.2, 0) is 6.54 Å². The summed E-state index contributed by atoms with van der Waals surface area (Å²) in [5, 5.41) is 5.12. The van der Waals surface area contributed by atoms with Gasteiger partial charge in [-0.15, -0.1) is 11.3 Å². The second kappa shape index (κ2) is 5.32. The molecule has 1 aliphatic heterocycles. The van der Waals surface area contributed by atoms with Crippen molar-refractivity contribution in [3.05, 3.63) is 15.6 Å². The van der Waals surface area contributed by atoms with Crippen LogP contribution < -0.4 is 5.32 Å². The van der Waals surface area contributed by atoms with Gasteiger partial charge in [0, 0.05) is 29.0 Å². The topological polar surface area (TPSA) is 28.2 Å². The first kappa shape index (κ1) is 15.4. The SMILES string of the molecule is CCC1(C)CN(Cc2nc(C)c(C)s2)C(C)(C2CC2)CN1. The minimum Gasteiger partial charge on any atom is -0.308 e. The lowest BCUT2D eigenvalue weighted by Gasteiger charge is -2.52. The molecule has 1 aromatic heterocycles. The van der Waals surface area contributed by atoms with Crippen molar-refractivity contribution in [1.29, 1.82) is 0 Å². The van der Waals surface area contributed by atoms with Gasteiger partial charge >= 0.3 is 0 Å². The van der Waals surface area contributed by atoms with Crippen LogP contribution in [0.4, 0.5) is 0 Å². The molecule has 2 unspecified atom stereocenters. The number of rotatable bonds is 4. The molecule has 118 valence electrons. The van der Waals surface area contributed by atoms with Crippen molar-refractivity contribution in [3.63, 3.8) is 0 Å². The molecule has 0 radical (unpaired) electrons. The van der Waals surface area contributed by atoms with Crippen LogP contribution in [-0.4, -0.2) is 34.1 Å². The Balaban J connectivity index is 1.82. The Morgan fingerprint density at radius 2 is 2.05 bits per heavy atom. The molecule has 2 fully saturated rings. The van der Waals surface area contributed by atoms with Crippen molar-refractivity contribution < 1.29 is 0 Å². The molecule has 21 heavy (non-hydrogen) atoms. The first-order valence-electron chi connectivity index (χ1n) is 8.29. The number of nitrogens with zero attached hydrogens (tertiary/aromatic N) is 2. The van der Waals surface area contributed by atoms with Gasteiger partial charge in [-0.1, -0.05) is 6.92 Å². The second-order valence-electron chi connectivity index (χ2n) is 7.50. The van der Waals surface area contributed by atoms with Gasteiger partial charge in [-0.05, 0) is 52.9 Å². The molecule has 3 rings (SSSR count). The van der Waals surface area contributed by atoms with Gasteiger partial charge in [0.1, 0.15) is 5.01 Å². The number of thiazole rings is 1. The lowest BCUT2D eigenvalue weighted by Crippen LogP contribution is -2.68. The van der Waals surface area contributed by atoms with Crippen molar-refractivity contribution in [2.45, 2.75) is 71.5 Å². The van der Waals surface area contributed by atoms with Gasteiger partial charge < -0.3 is 5.32 Å². The van der Waals surface area contributed by atoms with Gasteiger partial charge in [-0.3, -0.25) is 4.90 Å². The molecule has 0 spiro atoms. The average Bonchev–Trinajstić information content (AvgIpc) is 3.23. The van der Waals surface area contributed by atoms with Crippen molar-refractivity contribution in [3.8, 4) is 0 Å². The van der Waals surface area contributed by atoms with E-state index in [1.54, 1.807) is 0 Å². The molecule has 0 amide bonds. The summed E-state index contributed by atoms with van der Waals surface area (Å²) in [6.07, 6.45) is 3.97. The predicted molar refractivity (Wildman–Crippen MR) is 89.8 cm³/mol. The van der Waals surface area contributed by atoms with Crippen LogP contribution in [0.2, 0.25) is 0 Å². The Bertz CT molecular complexity index is 503. The van der Waals surface area contributed by atoms with Gasteiger partial charge in [0.25, 0.3) is 0 Å². The molecule has 1 saturated carbocycles. The minimum atomic E-state index is 0.246. The van der Waals surface area contributed by atoms with E-state index >= 15 is 0 Å². The molecule has 1 saturated heterocycles. The zero-order valence-corrected chi connectivity index (χ0v) is 14.9. The zero-order valence-electron chi connectivity index (χ0n) is 14.1. The predicted octanol–water partition coefficient (Wildman–Crippen LogP) is 3.50. The summed E-state index contributed by atoms with van der Waals surface area (Å²) >= 11 is 1.88. The van der Waals surface area contributed by atoms with Crippen LogP contribution in [0.3, 0.4) is 0 Å². The number of hydrogen-bond donors (Lipinski definition) is 1.